The first-order chi connectivity index (χ1) is 18.0. The van der Waals surface area contributed by atoms with Gasteiger partial charge in [-0.1, -0.05) is 24.3 Å². The van der Waals surface area contributed by atoms with Gasteiger partial charge in [0.05, 0.1) is 23.2 Å². The zero-order chi connectivity index (χ0) is 25.8. The molecule has 37 heavy (non-hydrogen) atoms. The number of hydrogen-bond acceptors (Lipinski definition) is 7. The van der Waals surface area contributed by atoms with Gasteiger partial charge in [0.1, 0.15) is 23.0 Å². The maximum absolute atomic E-state index is 13.1. The van der Waals surface area contributed by atoms with E-state index in [4.69, 9.17) is 9.47 Å². The number of para-hydroxylation sites is 3. The molecule has 2 N–H and O–H groups in total. The first-order valence-corrected chi connectivity index (χ1v) is 13.6. The average molecular weight is 520 g/mol. The Morgan fingerprint density at radius 3 is 2.70 bits per heavy atom. The number of piperazine rings is 1. The quantitative estimate of drug-likeness (QED) is 0.421. The molecule has 0 unspecified atom stereocenters. The summed E-state index contributed by atoms with van der Waals surface area (Å²) < 4.78 is 11.7. The lowest BCUT2D eigenvalue weighted by Crippen LogP contribution is -2.47. The first kappa shape index (κ1) is 25.2. The molecule has 3 aromatic rings. The van der Waals surface area contributed by atoms with E-state index in [0.717, 1.165) is 66.6 Å². The predicted molar refractivity (Wildman–Crippen MR) is 148 cm³/mol. The van der Waals surface area contributed by atoms with Crippen molar-refractivity contribution in [1.82, 2.24) is 10.2 Å². The van der Waals surface area contributed by atoms with Gasteiger partial charge in [-0.25, -0.2) is 0 Å². The lowest BCUT2D eigenvalue weighted by molar-refractivity contribution is 0.0949. The van der Waals surface area contributed by atoms with Crippen LogP contribution in [0.15, 0.2) is 53.9 Å². The van der Waals surface area contributed by atoms with E-state index in [0.29, 0.717) is 30.0 Å². The molecule has 1 fully saturated rings. The zero-order valence-electron chi connectivity index (χ0n) is 21.3. The van der Waals surface area contributed by atoms with Gasteiger partial charge >= 0.3 is 0 Å². The summed E-state index contributed by atoms with van der Waals surface area (Å²) in [4.78, 5) is 18.8. The third kappa shape index (κ3) is 5.45. The van der Waals surface area contributed by atoms with Crippen LogP contribution in [0.4, 0.5) is 5.69 Å². The van der Waals surface area contributed by atoms with E-state index in [9.17, 15) is 9.90 Å². The largest absolute Gasteiger partial charge is 0.507 e. The molecule has 0 atom stereocenters. The van der Waals surface area contributed by atoms with E-state index in [1.165, 1.54) is 11.3 Å². The van der Waals surface area contributed by atoms with Gasteiger partial charge in [-0.05, 0) is 56.1 Å². The Morgan fingerprint density at radius 1 is 1.14 bits per heavy atom. The molecule has 2 aliphatic rings. The van der Waals surface area contributed by atoms with Gasteiger partial charge < -0.3 is 24.8 Å². The molecule has 7 nitrogen and oxygen atoms in total. The summed E-state index contributed by atoms with van der Waals surface area (Å²) in [5, 5.41) is 14.8. The van der Waals surface area contributed by atoms with Crippen LogP contribution in [0.25, 0.3) is 5.76 Å². The van der Waals surface area contributed by atoms with Gasteiger partial charge in [0.2, 0.25) is 0 Å². The molecule has 0 spiro atoms. The van der Waals surface area contributed by atoms with Crippen LogP contribution in [-0.4, -0.2) is 62.3 Å². The molecule has 2 aromatic carbocycles. The molecular weight excluding hydrogens is 486 g/mol. The highest BCUT2D eigenvalue weighted by Gasteiger charge is 2.24. The average Bonchev–Trinajstić information content (AvgIpc) is 3.28. The third-order valence-electron chi connectivity index (χ3n) is 7.03. The van der Waals surface area contributed by atoms with Gasteiger partial charge in [0.15, 0.2) is 0 Å². The maximum Gasteiger partial charge on any atom is 0.255 e. The maximum atomic E-state index is 13.1. The molecule has 0 saturated carbocycles. The van der Waals surface area contributed by atoms with Crippen molar-refractivity contribution in [2.24, 2.45) is 0 Å². The first-order valence-electron chi connectivity index (χ1n) is 12.7. The number of anilines is 1. The third-order valence-corrected chi connectivity index (χ3v) is 8.12. The molecule has 0 bridgehead atoms. The highest BCUT2D eigenvalue weighted by Crippen LogP contribution is 2.39. The monoisotopic (exact) mass is 519 g/mol. The zero-order valence-corrected chi connectivity index (χ0v) is 22.1. The van der Waals surface area contributed by atoms with E-state index >= 15 is 0 Å². The molecule has 3 heterocycles. The van der Waals surface area contributed by atoms with Gasteiger partial charge in [-0.3, -0.25) is 9.69 Å². The summed E-state index contributed by atoms with van der Waals surface area (Å²) in [5.74, 6) is 2.37. The van der Waals surface area contributed by atoms with Crippen LogP contribution >= 0.6 is 11.3 Å². The molecule has 194 valence electrons. The normalized spacial score (nSPS) is 15.5. The van der Waals surface area contributed by atoms with Crippen molar-refractivity contribution in [2.75, 3.05) is 51.3 Å². The van der Waals surface area contributed by atoms with Gasteiger partial charge in [0, 0.05) is 43.7 Å². The molecule has 1 amide bonds. The fraction of sp³-hybridized carbons (Fsp3) is 0.345. The van der Waals surface area contributed by atoms with Crippen LogP contribution in [0.5, 0.6) is 17.2 Å². The number of ether oxygens (including phenoxy) is 2. The van der Waals surface area contributed by atoms with E-state index in [1.807, 2.05) is 49.4 Å². The fourth-order valence-corrected chi connectivity index (χ4v) is 5.82. The lowest BCUT2D eigenvalue weighted by atomic mass is 10.0. The van der Waals surface area contributed by atoms with Crippen molar-refractivity contribution in [3.63, 3.8) is 0 Å². The van der Waals surface area contributed by atoms with Crippen LogP contribution < -0.4 is 19.7 Å². The van der Waals surface area contributed by atoms with Crippen molar-refractivity contribution in [3.8, 4) is 17.2 Å². The number of thiophene rings is 1. The van der Waals surface area contributed by atoms with Crippen LogP contribution in [0, 0.1) is 6.92 Å². The highest BCUT2D eigenvalue weighted by molar-refractivity contribution is 7.11. The van der Waals surface area contributed by atoms with Crippen molar-refractivity contribution < 1.29 is 19.4 Å². The number of amides is 1. The fourth-order valence-electron chi connectivity index (χ4n) is 4.89. The smallest absolute Gasteiger partial charge is 0.255 e. The van der Waals surface area contributed by atoms with Gasteiger partial charge in [-0.15, -0.1) is 11.3 Å². The number of nitrogens with one attached hydrogen (secondary N) is 1. The minimum Gasteiger partial charge on any atom is -0.507 e. The van der Waals surface area contributed by atoms with Crippen molar-refractivity contribution in [1.29, 1.82) is 0 Å². The molecule has 8 heteroatoms. The summed E-state index contributed by atoms with van der Waals surface area (Å²) in [6, 6.07) is 13.9. The molecule has 5 rings (SSSR count). The van der Waals surface area contributed by atoms with Crippen LogP contribution in [-0.2, 0) is 6.42 Å². The minimum absolute atomic E-state index is 0.121. The number of fused-ring (bicyclic) bond motifs is 1. The Hall–Kier alpha value is -3.49. The van der Waals surface area contributed by atoms with Crippen LogP contribution in [0.3, 0.4) is 0 Å². The highest BCUT2D eigenvalue weighted by atomic mass is 32.1. The number of carbonyl (C=O) groups is 1. The second-order valence-electron chi connectivity index (χ2n) is 9.35. The van der Waals surface area contributed by atoms with E-state index in [1.54, 1.807) is 12.5 Å². The number of nitrogens with zero attached hydrogens (tertiary/aromatic N) is 2. The van der Waals surface area contributed by atoms with Crippen LogP contribution in [0.2, 0.25) is 0 Å². The van der Waals surface area contributed by atoms with Crippen molar-refractivity contribution >= 4 is 28.7 Å². The predicted octanol–water partition coefficient (Wildman–Crippen LogP) is 4.69. The number of rotatable bonds is 8. The number of methoxy groups -OCH3 is 1. The second kappa shape index (κ2) is 11.3. The number of carbonyl (C=O) groups excluding carboxylic acids is 1. The second-order valence-corrected chi connectivity index (χ2v) is 10.2. The molecule has 2 aliphatic heterocycles. The lowest BCUT2D eigenvalue weighted by Gasteiger charge is -2.36. The number of aromatic hydroxyl groups is 1. The summed E-state index contributed by atoms with van der Waals surface area (Å²) in [5.41, 5.74) is 3.48. The van der Waals surface area contributed by atoms with E-state index in [2.05, 4.69) is 21.2 Å². The van der Waals surface area contributed by atoms with Gasteiger partial charge in [-0.2, -0.15) is 0 Å². The van der Waals surface area contributed by atoms with Crippen molar-refractivity contribution in [2.45, 2.75) is 19.8 Å². The molecule has 0 radical (unpaired) electrons. The molecule has 1 aromatic heterocycles. The van der Waals surface area contributed by atoms with Crippen LogP contribution in [0.1, 0.15) is 32.8 Å². The minimum atomic E-state index is -0.121. The number of hydrogen-bond donors (Lipinski definition) is 2. The van der Waals surface area contributed by atoms with E-state index < -0.39 is 0 Å². The van der Waals surface area contributed by atoms with Crippen molar-refractivity contribution in [3.05, 3.63) is 75.5 Å². The summed E-state index contributed by atoms with van der Waals surface area (Å²) in [7, 11) is 1.72. The molecule has 1 saturated heterocycles. The number of allylic oxidation sites excluding steroid dienone is 1. The Morgan fingerprint density at radius 2 is 1.95 bits per heavy atom. The van der Waals surface area contributed by atoms with Gasteiger partial charge in [0.25, 0.3) is 5.91 Å². The molecular formula is C29H33N3O4S. The summed E-state index contributed by atoms with van der Waals surface area (Å²) >= 11 is 1.44. The SMILES string of the molecule is COc1ccccc1N1CCN(CCCNC(=O)c2cccc3c2OC(c2scc(O)c2C)=CC3)CC1. The Labute approximate surface area is 221 Å². The Kier molecular flexibility index (Phi) is 7.67. The number of benzene rings is 2. The summed E-state index contributed by atoms with van der Waals surface area (Å²) in [6.07, 6.45) is 3.58. The Balaban J connectivity index is 1.11. The Bertz CT molecular complexity index is 1290. The topological polar surface area (TPSA) is 74.3 Å². The summed E-state index contributed by atoms with van der Waals surface area (Å²) in [6.45, 7) is 7.30. The molecule has 0 aliphatic carbocycles. The van der Waals surface area contributed by atoms with E-state index in [-0.39, 0.29) is 11.7 Å². The standard InChI is InChI=1S/C29H33N3O4S/c1-20-24(33)19-37-28(20)26-12-11-21-7-5-8-22(27(21)36-26)29(34)30-13-6-14-31-15-17-32(18-16-31)23-9-3-4-10-25(23)35-2/h3-5,7-10,12,19,33H,6,11,13-18H2,1-2H3,(H,30,34).